The Morgan fingerprint density at radius 1 is 1.27 bits per heavy atom. The van der Waals surface area contributed by atoms with E-state index in [0.717, 1.165) is 16.9 Å². The second-order valence-electron chi connectivity index (χ2n) is 2.16. The molecule has 0 bridgehead atoms. The molecule has 0 N–H and O–H groups in total. The summed E-state index contributed by atoms with van der Waals surface area (Å²) in [5.74, 6) is 0. The molecule has 3 heteroatoms. The van der Waals surface area contributed by atoms with E-state index in [2.05, 4.69) is 4.98 Å². The van der Waals surface area contributed by atoms with Gasteiger partial charge in [-0.25, -0.2) is 4.98 Å². The number of aromatic nitrogens is 1. The summed E-state index contributed by atoms with van der Waals surface area (Å²) in [5, 5.41) is 0.708. The maximum atomic E-state index is 11.2. The average molecular weight is 163 g/mol. The van der Waals surface area contributed by atoms with Crippen LogP contribution in [-0.4, -0.2) is 4.98 Å². The van der Waals surface area contributed by atoms with Crippen LogP contribution in [0, 0.1) is 0 Å². The molecule has 0 unspecified atom stereocenters. The predicted molar refractivity (Wildman–Crippen MR) is 45.9 cm³/mol. The molecular weight excluding hydrogens is 158 g/mol. The lowest BCUT2D eigenvalue weighted by Crippen LogP contribution is -1.94. The highest BCUT2D eigenvalue weighted by atomic mass is 32.1. The zero-order valence-electron chi connectivity index (χ0n) is 5.65. The quantitative estimate of drug-likeness (QED) is 0.591. The van der Waals surface area contributed by atoms with Crippen LogP contribution in [0.15, 0.2) is 34.6 Å². The fourth-order valence-corrected chi connectivity index (χ4v) is 1.51. The Bertz CT molecular complexity index is 430. The van der Waals surface area contributed by atoms with Crippen LogP contribution in [0.25, 0.3) is 10.9 Å². The van der Waals surface area contributed by atoms with Gasteiger partial charge in [-0.2, -0.15) is 0 Å². The largest absolute Gasteiger partial charge is 0.277 e. The van der Waals surface area contributed by atoms with Crippen LogP contribution in [-0.2, 0) is 0 Å². The lowest BCUT2D eigenvalue weighted by atomic mass is 10.3. The zero-order valence-corrected chi connectivity index (χ0v) is 6.47. The van der Waals surface area contributed by atoms with E-state index in [0.29, 0.717) is 5.39 Å². The van der Waals surface area contributed by atoms with E-state index in [1.54, 1.807) is 11.6 Å². The van der Waals surface area contributed by atoms with E-state index in [1.807, 2.05) is 18.2 Å². The molecule has 2 rings (SSSR count). The second-order valence-corrected chi connectivity index (χ2v) is 2.97. The van der Waals surface area contributed by atoms with Gasteiger partial charge in [0.15, 0.2) is 0 Å². The standard InChI is InChI=1S/C8H5NOS/c10-8-6-3-1-2-4-7(6)9-5-11-8/h1-5H. The van der Waals surface area contributed by atoms with Crippen molar-refractivity contribution in [2.75, 3.05) is 0 Å². The summed E-state index contributed by atoms with van der Waals surface area (Å²) in [6, 6.07) is 7.35. The van der Waals surface area contributed by atoms with E-state index in [4.69, 9.17) is 0 Å². The summed E-state index contributed by atoms with van der Waals surface area (Å²) < 4.78 is 0.0793. The number of hydrogen-bond donors (Lipinski definition) is 0. The van der Waals surface area contributed by atoms with Gasteiger partial charge in [0.1, 0.15) is 0 Å². The molecule has 1 heterocycles. The second kappa shape index (κ2) is 2.43. The van der Waals surface area contributed by atoms with Gasteiger partial charge in [-0.3, -0.25) is 4.79 Å². The molecule has 0 saturated heterocycles. The van der Waals surface area contributed by atoms with E-state index in [1.165, 1.54) is 0 Å². The average Bonchev–Trinajstić information content (AvgIpc) is 2.06. The summed E-state index contributed by atoms with van der Waals surface area (Å²) >= 11 is 1.13. The summed E-state index contributed by atoms with van der Waals surface area (Å²) in [6.45, 7) is 0. The fourth-order valence-electron chi connectivity index (χ4n) is 0.953. The molecule has 2 nitrogen and oxygen atoms in total. The maximum Gasteiger partial charge on any atom is 0.243 e. The monoisotopic (exact) mass is 163 g/mol. The van der Waals surface area contributed by atoms with Gasteiger partial charge < -0.3 is 0 Å². The van der Waals surface area contributed by atoms with Crippen LogP contribution in [0.1, 0.15) is 0 Å². The van der Waals surface area contributed by atoms with Gasteiger partial charge in [0, 0.05) is 0 Å². The minimum atomic E-state index is 0.0793. The van der Waals surface area contributed by atoms with Crippen molar-refractivity contribution in [3.05, 3.63) is 39.3 Å². The van der Waals surface area contributed by atoms with Crippen LogP contribution in [0.3, 0.4) is 0 Å². The van der Waals surface area contributed by atoms with E-state index in [9.17, 15) is 4.79 Å². The van der Waals surface area contributed by atoms with Crippen molar-refractivity contribution in [1.29, 1.82) is 0 Å². The van der Waals surface area contributed by atoms with Gasteiger partial charge >= 0.3 is 0 Å². The van der Waals surface area contributed by atoms with Gasteiger partial charge in [0.2, 0.25) is 4.74 Å². The van der Waals surface area contributed by atoms with Gasteiger partial charge in [-0.1, -0.05) is 23.5 Å². The van der Waals surface area contributed by atoms with Crippen molar-refractivity contribution >= 4 is 22.2 Å². The van der Waals surface area contributed by atoms with Gasteiger partial charge in [0.05, 0.1) is 16.4 Å². The third-order valence-corrected chi connectivity index (χ3v) is 2.12. The van der Waals surface area contributed by atoms with Crippen LogP contribution >= 0.6 is 11.3 Å². The highest BCUT2D eigenvalue weighted by Gasteiger charge is 1.94. The van der Waals surface area contributed by atoms with E-state index < -0.39 is 0 Å². The molecule has 54 valence electrons. The molecule has 0 aliphatic heterocycles. The van der Waals surface area contributed by atoms with Crippen molar-refractivity contribution < 1.29 is 0 Å². The van der Waals surface area contributed by atoms with Crippen molar-refractivity contribution in [2.24, 2.45) is 0 Å². The molecule has 0 atom stereocenters. The number of fused-ring (bicyclic) bond motifs is 1. The fraction of sp³-hybridized carbons (Fsp3) is 0. The Kier molecular flexibility index (Phi) is 1.43. The Balaban J connectivity index is 3.03. The lowest BCUT2D eigenvalue weighted by Gasteiger charge is -1.90. The minimum absolute atomic E-state index is 0.0793. The third-order valence-electron chi connectivity index (χ3n) is 1.48. The van der Waals surface area contributed by atoms with Gasteiger partial charge in [-0.15, -0.1) is 0 Å². The summed E-state index contributed by atoms with van der Waals surface area (Å²) in [5.41, 5.74) is 2.35. The Morgan fingerprint density at radius 3 is 2.91 bits per heavy atom. The summed E-state index contributed by atoms with van der Waals surface area (Å²) in [6.07, 6.45) is 0. The molecule has 0 aliphatic rings. The SMILES string of the molecule is O=c1scnc2ccccc12. The molecular formula is C8H5NOS. The first-order valence-corrected chi connectivity index (χ1v) is 4.08. The first-order valence-electron chi connectivity index (χ1n) is 3.20. The molecule has 0 saturated carbocycles. The van der Waals surface area contributed by atoms with Gasteiger partial charge in [-0.05, 0) is 12.1 Å². The minimum Gasteiger partial charge on any atom is -0.277 e. The van der Waals surface area contributed by atoms with E-state index in [-0.39, 0.29) is 4.74 Å². The molecule has 0 radical (unpaired) electrons. The molecule has 0 spiro atoms. The van der Waals surface area contributed by atoms with Crippen molar-refractivity contribution in [3.8, 4) is 0 Å². The Morgan fingerprint density at radius 2 is 2.09 bits per heavy atom. The third kappa shape index (κ3) is 1.03. The van der Waals surface area contributed by atoms with E-state index >= 15 is 0 Å². The zero-order chi connectivity index (χ0) is 7.68. The number of hydrogen-bond acceptors (Lipinski definition) is 3. The lowest BCUT2D eigenvalue weighted by molar-refractivity contribution is 1.47. The molecule has 1 aromatic heterocycles. The van der Waals surface area contributed by atoms with Crippen molar-refractivity contribution in [3.63, 3.8) is 0 Å². The summed E-state index contributed by atoms with van der Waals surface area (Å²) in [7, 11) is 0. The predicted octanol–water partition coefficient (Wildman–Crippen LogP) is 1.66. The smallest absolute Gasteiger partial charge is 0.243 e. The highest BCUT2D eigenvalue weighted by Crippen LogP contribution is 2.05. The van der Waals surface area contributed by atoms with Crippen LogP contribution < -0.4 is 4.74 Å². The first-order chi connectivity index (χ1) is 5.38. The molecule has 0 fully saturated rings. The Hall–Kier alpha value is -1.22. The van der Waals surface area contributed by atoms with Crippen LogP contribution in [0.5, 0.6) is 0 Å². The molecule has 1 aromatic carbocycles. The molecule has 0 amide bonds. The number of para-hydroxylation sites is 1. The van der Waals surface area contributed by atoms with Crippen LogP contribution in [0.4, 0.5) is 0 Å². The van der Waals surface area contributed by atoms with Crippen molar-refractivity contribution in [2.45, 2.75) is 0 Å². The van der Waals surface area contributed by atoms with Crippen molar-refractivity contribution in [1.82, 2.24) is 4.98 Å². The maximum absolute atomic E-state index is 11.2. The number of benzene rings is 1. The topological polar surface area (TPSA) is 30.0 Å². The Labute approximate surface area is 67.1 Å². The summed E-state index contributed by atoms with van der Waals surface area (Å²) in [4.78, 5) is 15.2. The van der Waals surface area contributed by atoms with Crippen LogP contribution in [0.2, 0.25) is 0 Å². The molecule has 2 aromatic rings. The highest BCUT2D eigenvalue weighted by molar-refractivity contribution is 7.07. The number of nitrogens with zero attached hydrogens (tertiary/aromatic N) is 1. The molecule has 11 heavy (non-hydrogen) atoms. The first kappa shape index (κ1) is 6.49. The molecule has 0 aliphatic carbocycles. The normalized spacial score (nSPS) is 10.2. The van der Waals surface area contributed by atoms with Gasteiger partial charge in [0.25, 0.3) is 0 Å². The number of rotatable bonds is 0.